The number of aryl methyl sites for hydroxylation is 1. The van der Waals surface area contributed by atoms with Gasteiger partial charge in [0.25, 0.3) is 0 Å². The SMILES string of the molecule is COc1cc(/C=C\c2cccc(OP(=O)(O)OC)c2)cc(C)c1OC. The van der Waals surface area contributed by atoms with E-state index in [2.05, 4.69) is 4.52 Å². The molecule has 0 aliphatic carbocycles. The highest BCUT2D eigenvalue weighted by Gasteiger charge is 2.20. The molecule has 2 aromatic carbocycles. The van der Waals surface area contributed by atoms with Crippen molar-refractivity contribution in [3.05, 3.63) is 53.1 Å². The molecule has 0 aliphatic heterocycles. The number of rotatable bonds is 7. The summed E-state index contributed by atoms with van der Waals surface area (Å²) in [4.78, 5) is 9.38. The van der Waals surface area contributed by atoms with Crippen molar-refractivity contribution in [1.82, 2.24) is 0 Å². The van der Waals surface area contributed by atoms with Gasteiger partial charge in [0.05, 0.1) is 14.2 Å². The molecular formula is C18H21O6P. The maximum atomic E-state index is 11.5. The number of methoxy groups -OCH3 is 2. The van der Waals surface area contributed by atoms with Gasteiger partial charge in [-0.3, -0.25) is 9.42 Å². The van der Waals surface area contributed by atoms with Crippen LogP contribution in [0.25, 0.3) is 12.2 Å². The van der Waals surface area contributed by atoms with Gasteiger partial charge in [-0.15, -0.1) is 0 Å². The quantitative estimate of drug-likeness (QED) is 0.583. The number of hydrogen-bond acceptors (Lipinski definition) is 5. The smallest absolute Gasteiger partial charge is 0.493 e. The summed E-state index contributed by atoms with van der Waals surface area (Å²) in [7, 11) is 0.237. The Morgan fingerprint density at radius 2 is 1.72 bits per heavy atom. The number of phosphoric ester groups is 1. The molecule has 0 heterocycles. The molecule has 0 amide bonds. The first-order valence-corrected chi connectivity index (χ1v) is 8.97. The zero-order chi connectivity index (χ0) is 18.4. The average molecular weight is 364 g/mol. The van der Waals surface area contributed by atoms with Gasteiger partial charge >= 0.3 is 7.82 Å². The number of ether oxygens (including phenoxy) is 2. The maximum absolute atomic E-state index is 11.5. The van der Waals surface area contributed by atoms with E-state index in [1.54, 1.807) is 32.4 Å². The predicted octanol–water partition coefficient (Wildman–Crippen LogP) is 4.31. The van der Waals surface area contributed by atoms with Crippen LogP contribution < -0.4 is 14.0 Å². The molecule has 1 N–H and O–H groups in total. The lowest BCUT2D eigenvalue weighted by Crippen LogP contribution is -1.94. The molecule has 0 radical (unpaired) electrons. The van der Waals surface area contributed by atoms with Crippen LogP contribution in [-0.2, 0) is 9.09 Å². The second-order valence-corrected chi connectivity index (χ2v) is 6.71. The molecule has 7 heteroatoms. The van der Waals surface area contributed by atoms with Gasteiger partial charge in [0.15, 0.2) is 11.5 Å². The molecule has 0 bridgehead atoms. The molecule has 2 rings (SSSR count). The van der Waals surface area contributed by atoms with Crippen LogP contribution in [0, 0.1) is 6.92 Å². The minimum atomic E-state index is -4.07. The van der Waals surface area contributed by atoms with E-state index in [1.165, 1.54) is 0 Å². The Bertz CT molecular complexity index is 815. The summed E-state index contributed by atoms with van der Waals surface area (Å²) in [6.07, 6.45) is 3.77. The van der Waals surface area contributed by atoms with Gasteiger partial charge < -0.3 is 14.0 Å². The Balaban J connectivity index is 2.25. The van der Waals surface area contributed by atoms with Gasteiger partial charge in [0.2, 0.25) is 0 Å². The van der Waals surface area contributed by atoms with Crippen molar-refractivity contribution in [1.29, 1.82) is 0 Å². The topological polar surface area (TPSA) is 74.2 Å². The molecule has 0 aromatic heterocycles. The highest BCUT2D eigenvalue weighted by atomic mass is 31.2. The molecule has 1 atom stereocenters. The van der Waals surface area contributed by atoms with Gasteiger partial charge in [0.1, 0.15) is 5.75 Å². The van der Waals surface area contributed by atoms with Crippen LogP contribution in [0.15, 0.2) is 36.4 Å². The van der Waals surface area contributed by atoms with E-state index in [1.807, 2.05) is 37.3 Å². The number of phosphoric acid groups is 1. The van der Waals surface area contributed by atoms with Crippen molar-refractivity contribution in [2.75, 3.05) is 21.3 Å². The van der Waals surface area contributed by atoms with E-state index >= 15 is 0 Å². The highest BCUT2D eigenvalue weighted by molar-refractivity contribution is 7.47. The fourth-order valence-corrected chi connectivity index (χ4v) is 2.77. The second kappa shape index (κ2) is 8.21. The third-order valence-corrected chi connectivity index (χ3v) is 4.37. The van der Waals surface area contributed by atoms with Crippen molar-refractivity contribution in [2.24, 2.45) is 0 Å². The largest absolute Gasteiger partial charge is 0.527 e. The molecule has 0 saturated heterocycles. The van der Waals surface area contributed by atoms with Gasteiger partial charge in [-0.25, -0.2) is 4.57 Å². The Hall–Kier alpha value is -2.27. The Morgan fingerprint density at radius 1 is 1.00 bits per heavy atom. The lowest BCUT2D eigenvalue weighted by molar-refractivity contribution is 0.243. The molecule has 6 nitrogen and oxygen atoms in total. The third-order valence-electron chi connectivity index (χ3n) is 3.46. The molecule has 2 aromatic rings. The molecule has 0 fully saturated rings. The van der Waals surface area contributed by atoms with Crippen LogP contribution in [0.5, 0.6) is 17.2 Å². The summed E-state index contributed by atoms with van der Waals surface area (Å²) in [6, 6.07) is 10.7. The first-order valence-electron chi connectivity index (χ1n) is 7.47. The van der Waals surface area contributed by atoms with E-state index in [9.17, 15) is 9.46 Å². The van der Waals surface area contributed by atoms with E-state index in [0.717, 1.165) is 23.8 Å². The fourth-order valence-electron chi connectivity index (χ4n) is 2.32. The Kier molecular flexibility index (Phi) is 6.26. The van der Waals surface area contributed by atoms with Gasteiger partial charge in [-0.05, 0) is 47.9 Å². The molecular weight excluding hydrogens is 343 g/mol. The second-order valence-electron chi connectivity index (χ2n) is 5.22. The van der Waals surface area contributed by atoms with E-state index < -0.39 is 7.82 Å². The fraction of sp³-hybridized carbons (Fsp3) is 0.222. The molecule has 0 saturated carbocycles. The molecule has 0 spiro atoms. The molecule has 0 aliphatic rings. The summed E-state index contributed by atoms with van der Waals surface area (Å²) in [5.74, 6) is 1.60. The Labute approximate surface area is 147 Å². The number of hydrogen-bond donors (Lipinski definition) is 1. The molecule has 25 heavy (non-hydrogen) atoms. The summed E-state index contributed by atoms with van der Waals surface area (Å²) >= 11 is 0. The Morgan fingerprint density at radius 3 is 2.36 bits per heavy atom. The number of benzene rings is 2. The van der Waals surface area contributed by atoms with E-state index in [4.69, 9.17) is 14.0 Å². The van der Waals surface area contributed by atoms with Gasteiger partial charge in [-0.1, -0.05) is 24.3 Å². The van der Waals surface area contributed by atoms with Crippen LogP contribution in [0.4, 0.5) is 0 Å². The van der Waals surface area contributed by atoms with Crippen LogP contribution in [0.1, 0.15) is 16.7 Å². The van der Waals surface area contributed by atoms with Crippen molar-refractivity contribution < 1.29 is 28.0 Å². The van der Waals surface area contributed by atoms with Crippen LogP contribution >= 0.6 is 7.82 Å². The van der Waals surface area contributed by atoms with Crippen LogP contribution in [-0.4, -0.2) is 26.2 Å². The van der Waals surface area contributed by atoms with Crippen LogP contribution in [0.3, 0.4) is 0 Å². The zero-order valence-corrected chi connectivity index (χ0v) is 15.4. The lowest BCUT2D eigenvalue weighted by Gasteiger charge is -2.11. The summed E-state index contributed by atoms with van der Waals surface area (Å²) in [5, 5.41) is 0. The average Bonchev–Trinajstić information content (AvgIpc) is 2.59. The van der Waals surface area contributed by atoms with E-state index in [-0.39, 0.29) is 5.75 Å². The third kappa shape index (κ3) is 5.10. The van der Waals surface area contributed by atoms with Crippen molar-refractivity contribution in [2.45, 2.75) is 6.92 Å². The first-order chi connectivity index (χ1) is 11.9. The van der Waals surface area contributed by atoms with Crippen molar-refractivity contribution >= 4 is 20.0 Å². The maximum Gasteiger partial charge on any atom is 0.527 e. The van der Waals surface area contributed by atoms with Crippen molar-refractivity contribution in [3.8, 4) is 17.2 Å². The minimum Gasteiger partial charge on any atom is -0.493 e. The monoisotopic (exact) mass is 364 g/mol. The summed E-state index contributed by atoms with van der Waals surface area (Å²) in [6.45, 7) is 1.94. The molecule has 134 valence electrons. The standard InChI is InChI=1S/C18H21O6P/c1-13-10-15(12-17(21-2)18(13)22-3)9-8-14-6-5-7-16(11-14)24-25(19,20)23-4/h5-12H,1-4H3,(H,19,20)/b9-8-. The van der Waals surface area contributed by atoms with Crippen molar-refractivity contribution in [3.63, 3.8) is 0 Å². The summed E-state index contributed by atoms with van der Waals surface area (Å²) in [5.41, 5.74) is 2.70. The van der Waals surface area contributed by atoms with Crippen LogP contribution in [0.2, 0.25) is 0 Å². The lowest BCUT2D eigenvalue weighted by atomic mass is 10.1. The zero-order valence-electron chi connectivity index (χ0n) is 14.6. The highest BCUT2D eigenvalue weighted by Crippen LogP contribution is 2.42. The van der Waals surface area contributed by atoms with E-state index in [0.29, 0.717) is 11.5 Å². The molecule has 1 unspecified atom stereocenters. The van der Waals surface area contributed by atoms with Gasteiger partial charge in [-0.2, -0.15) is 0 Å². The summed E-state index contributed by atoms with van der Waals surface area (Å²) < 4.78 is 31.5. The predicted molar refractivity (Wildman–Crippen MR) is 97.1 cm³/mol. The minimum absolute atomic E-state index is 0.248. The first kappa shape index (κ1) is 19.1. The normalized spacial score (nSPS) is 13.5. The van der Waals surface area contributed by atoms with Gasteiger partial charge in [0, 0.05) is 7.11 Å².